The van der Waals surface area contributed by atoms with Gasteiger partial charge in [0.25, 0.3) is 0 Å². The second kappa shape index (κ2) is 7.32. The van der Waals surface area contributed by atoms with Crippen LogP contribution in [0.1, 0.15) is 36.8 Å². The van der Waals surface area contributed by atoms with Crippen molar-refractivity contribution >= 4 is 12.6 Å². The van der Waals surface area contributed by atoms with Crippen LogP contribution in [0.2, 0.25) is 0 Å². The van der Waals surface area contributed by atoms with Crippen LogP contribution >= 0.6 is 0 Å². The molecule has 130 valence electrons. The first kappa shape index (κ1) is 16.9. The Hall–Kier alpha value is -1.92. The molecule has 0 bridgehead atoms. The number of aldehydes is 2. The van der Waals surface area contributed by atoms with Gasteiger partial charge in [0.15, 0.2) is 11.5 Å². The smallest absolute Gasteiger partial charge is 0.154 e. The fraction of sp³-hybridized carbons (Fsp3) is 0.556. The van der Waals surface area contributed by atoms with Crippen LogP contribution in [-0.2, 0) is 9.59 Å². The van der Waals surface area contributed by atoms with Crippen molar-refractivity contribution < 1.29 is 19.3 Å². The van der Waals surface area contributed by atoms with E-state index in [0.717, 1.165) is 62.5 Å². The third-order valence-corrected chi connectivity index (χ3v) is 4.71. The molecule has 0 spiro atoms. The van der Waals surface area contributed by atoms with E-state index < -0.39 is 0 Å². The zero-order valence-corrected chi connectivity index (χ0v) is 14.2. The summed E-state index contributed by atoms with van der Waals surface area (Å²) in [5.41, 5.74) is 1.98. The van der Waals surface area contributed by atoms with Gasteiger partial charge in [0.05, 0.1) is 0 Å². The highest BCUT2D eigenvalue weighted by Gasteiger charge is 2.28. The predicted molar refractivity (Wildman–Crippen MR) is 88.8 cm³/mol. The van der Waals surface area contributed by atoms with Gasteiger partial charge < -0.3 is 19.3 Å². The molecule has 3 rings (SSSR count). The summed E-state index contributed by atoms with van der Waals surface area (Å²) < 4.78 is 0. The molecule has 2 fully saturated rings. The van der Waals surface area contributed by atoms with E-state index in [1.165, 1.54) is 0 Å². The lowest BCUT2D eigenvalue weighted by molar-refractivity contribution is -0.125. The first-order chi connectivity index (χ1) is 11.6. The van der Waals surface area contributed by atoms with Gasteiger partial charge in [-0.1, -0.05) is 0 Å². The van der Waals surface area contributed by atoms with E-state index in [4.69, 9.17) is 9.68 Å². The molecular formula is C18H24N2O4. The first-order valence-electron chi connectivity index (χ1n) is 8.53. The van der Waals surface area contributed by atoms with Crippen molar-refractivity contribution in [3.63, 3.8) is 0 Å². The number of nitrogens with zero attached hydrogens (tertiary/aromatic N) is 2. The van der Waals surface area contributed by atoms with Crippen LogP contribution in [0.4, 0.5) is 0 Å². The summed E-state index contributed by atoms with van der Waals surface area (Å²) >= 11 is 0. The Morgan fingerprint density at radius 2 is 1.33 bits per heavy atom. The number of aryl methyl sites for hydroxylation is 2. The average Bonchev–Trinajstić information content (AvgIpc) is 3.20. The van der Waals surface area contributed by atoms with Gasteiger partial charge in [-0.05, 0) is 56.7 Å². The summed E-state index contributed by atoms with van der Waals surface area (Å²) in [6.45, 7) is 5.43. The molecule has 2 atom stereocenters. The molecular weight excluding hydrogens is 308 g/mol. The second-order valence-electron chi connectivity index (χ2n) is 6.54. The Bertz CT molecular complexity index is 570. The number of carbonyl (C=O) groups excluding carboxylic acids is 2. The molecule has 1 aromatic rings. The second-order valence-corrected chi connectivity index (χ2v) is 6.54. The summed E-state index contributed by atoms with van der Waals surface area (Å²) in [7, 11) is 0. The Kier molecular flexibility index (Phi) is 5.16. The Balaban J connectivity index is 1.78. The minimum Gasteiger partial charge on any atom is -0.405 e. The average molecular weight is 332 g/mol. The fourth-order valence-corrected chi connectivity index (χ4v) is 3.29. The van der Waals surface area contributed by atoms with Gasteiger partial charge in [-0.2, -0.15) is 0 Å². The van der Waals surface area contributed by atoms with Crippen LogP contribution < -0.4 is 9.68 Å². The van der Waals surface area contributed by atoms with Crippen molar-refractivity contribution in [1.82, 2.24) is 10.1 Å². The van der Waals surface area contributed by atoms with E-state index in [9.17, 15) is 9.59 Å². The number of hydroxylamine groups is 4. The van der Waals surface area contributed by atoms with Crippen molar-refractivity contribution in [2.75, 3.05) is 13.1 Å². The highest BCUT2D eigenvalue weighted by molar-refractivity contribution is 5.58. The molecule has 2 heterocycles. The Morgan fingerprint density at radius 3 is 1.75 bits per heavy atom. The summed E-state index contributed by atoms with van der Waals surface area (Å²) in [5, 5.41) is 3.47. The molecule has 1 aromatic carbocycles. The van der Waals surface area contributed by atoms with Crippen molar-refractivity contribution in [3.05, 3.63) is 23.3 Å². The van der Waals surface area contributed by atoms with Crippen LogP contribution in [0.5, 0.6) is 11.5 Å². The maximum Gasteiger partial charge on any atom is 0.154 e. The van der Waals surface area contributed by atoms with Crippen LogP contribution in [-0.4, -0.2) is 47.9 Å². The lowest BCUT2D eigenvalue weighted by Gasteiger charge is -2.24. The minimum absolute atomic E-state index is 0.187. The van der Waals surface area contributed by atoms with E-state index in [-0.39, 0.29) is 12.1 Å². The van der Waals surface area contributed by atoms with Gasteiger partial charge in [-0.25, -0.2) is 0 Å². The lowest BCUT2D eigenvalue weighted by atomic mass is 10.1. The zero-order valence-electron chi connectivity index (χ0n) is 14.2. The molecule has 0 saturated carbocycles. The van der Waals surface area contributed by atoms with Crippen molar-refractivity contribution in [2.45, 2.75) is 51.6 Å². The van der Waals surface area contributed by atoms with Gasteiger partial charge in [-0.3, -0.25) is 0 Å². The summed E-state index contributed by atoms with van der Waals surface area (Å²) in [6, 6.07) is 3.48. The largest absolute Gasteiger partial charge is 0.405 e. The van der Waals surface area contributed by atoms with Crippen molar-refractivity contribution in [2.24, 2.45) is 0 Å². The van der Waals surface area contributed by atoms with E-state index in [1.807, 2.05) is 26.0 Å². The molecule has 6 nitrogen and oxygen atoms in total. The number of benzene rings is 1. The fourth-order valence-electron chi connectivity index (χ4n) is 3.29. The van der Waals surface area contributed by atoms with Crippen LogP contribution in [0.3, 0.4) is 0 Å². The first-order valence-corrected chi connectivity index (χ1v) is 8.53. The highest BCUT2D eigenvalue weighted by atomic mass is 16.7. The van der Waals surface area contributed by atoms with E-state index >= 15 is 0 Å². The van der Waals surface area contributed by atoms with E-state index in [0.29, 0.717) is 11.5 Å². The molecule has 0 N–H and O–H groups in total. The van der Waals surface area contributed by atoms with Crippen molar-refractivity contribution in [3.8, 4) is 11.5 Å². The summed E-state index contributed by atoms with van der Waals surface area (Å²) in [5.74, 6) is 1.37. The standard InChI is InChI=1S/C18H24N2O4/c1-13-9-14(2)18(24-20-8-4-6-16(20)12-22)10-17(13)23-19-7-3-5-15(19)11-21/h9-12,15-16H,3-8H2,1-2H3/t15-,16-/m0/s1. The van der Waals surface area contributed by atoms with Crippen LogP contribution in [0.25, 0.3) is 0 Å². The third-order valence-electron chi connectivity index (χ3n) is 4.71. The number of hydrogen-bond donors (Lipinski definition) is 0. The maximum atomic E-state index is 11.1. The molecule has 6 heteroatoms. The molecule has 0 aliphatic carbocycles. The Morgan fingerprint density at radius 1 is 0.875 bits per heavy atom. The minimum atomic E-state index is -0.187. The number of rotatable bonds is 6. The molecule has 2 saturated heterocycles. The van der Waals surface area contributed by atoms with Gasteiger partial charge in [0, 0.05) is 19.2 Å². The topological polar surface area (TPSA) is 59.1 Å². The maximum absolute atomic E-state index is 11.1. The Labute approximate surface area is 142 Å². The highest BCUT2D eigenvalue weighted by Crippen LogP contribution is 2.32. The van der Waals surface area contributed by atoms with E-state index in [1.54, 1.807) is 10.1 Å². The van der Waals surface area contributed by atoms with E-state index in [2.05, 4.69) is 0 Å². The SMILES string of the molecule is Cc1cc(C)c(ON2CCC[C@H]2C=O)cc1ON1CCC[C@H]1C=O. The van der Waals surface area contributed by atoms with Gasteiger partial charge in [-0.15, -0.1) is 10.1 Å². The third kappa shape index (κ3) is 3.44. The van der Waals surface area contributed by atoms with Crippen molar-refractivity contribution in [1.29, 1.82) is 0 Å². The molecule has 2 aliphatic heterocycles. The van der Waals surface area contributed by atoms with Gasteiger partial charge in [0.2, 0.25) is 0 Å². The van der Waals surface area contributed by atoms with Crippen LogP contribution in [0.15, 0.2) is 12.1 Å². The monoisotopic (exact) mass is 332 g/mol. The molecule has 0 aromatic heterocycles. The number of carbonyl (C=O) groups is 2. The zero-order chi connectivity index (χ0) is 17.1. The number of hydrogen-bond acceptors (Lipinski definition) is 6. The molecule has 0 radical (unpaired) electrons. The van der Waals surface area contributed by atoms with Crippen LogP contribution in [0, 0.1) is 13.8 Å². The molecule has 24 heavy (non-hydrogen) atoms. The van der Waals surface area contributed by atoms with Gasteiger partial charge >= 0.3 is 0 Å². The molecule has 2 aliphatic rings. The quantitative estimate of drug-likeness (QED) is 0.745. The predicted octanol–water partition coefficient (Wildman–Crippen LogP) is 2.22. The summed E-state index contributed by atoms with van der Waals surface area (Å²) in [6.07, 6.45) is 5.43. The van der Waals surface area contributed by atoms with Gasteiger partial charge in [0.1, 0.15) is 24.7 Å². The summed E-state index contributed by atoms with van der Waals surface area (Å²) in [4.78, 5) is 34.2. The molecule has 0 unspecified atom stereocenters. The molecule has 0 amide bonds. The normalized spacial score (nSPS) is 24.9. The lowest BCUT2D eigenvalue weighted by Crippen LogP contribution is -2.34.